The Bertz CT molecular complexity index is 2370. The summed E-state index contributed by atoms with van der Waals surface area (Å²) in [6.45, 7) is 15.6. The van der Waals surface area contributed by atoms with E-state index in [2.05, 4.69) is 90.8 Å². The number of carbonyl (C=O) groups excluding carboxylic acids is 4. The fourth-order valence-corrected chi connectivity index (χ4v) is 16.1. The lowest BCUT2D eigenvalue weighted by Crippen LogP contribution is -2.60. The van der Waals surface area contributed by atoms with Crippen LogP contribution in [0.25, 0.3) is 0 Å². The van der Waals surface area contributed by atoms with Gasteiger partial charge in [-0.25, -0.2) is 0 Å². The lowest BCUT2D eigenvalue weighted by Gasteiger charge is -2.39. The van der Waals surface area contributed by atoms with Crippen LogP contribution >= 0.6 is 48.0 Å². The molecule has 2 aromatic carbocycles. The van der Waals surface area contributed by atoms with Crippen molar-refractivity contribution in [2.75, 3.05) is 38.8 Å². The average molecular weight is 1080 g/mol. The van der Waals surface area contributed by atoms with E-state index in [1.807, 2.05) is 62.0 Å². The van der Waals surface area contributed by atoms with Crippen LogP contribution in [0.2, 0.25) is 0 Å². The van der Waals surface area contributed by atoms with Gasteiger partial charge in [0, 0.05) is 26.1 Å². The molecule has 4 fully saturated rings. The first-order valence-electron chi connectivity index (χ1n) is 26.6. The molecule has 4 aliphatic heterocycles. The summed E-state index contributed by atoms with van der Waals surface area (Å²) in [5.41, 5.74) is 3.57. The molecule has 73 heavy (non-hydrogen) atoms. The van der Waals surface area contributed by atoms with Crippen molar-refractivity contribution in [3.63, 3.8) is 0 Å². The first kappa shape index (κ1) is 55.9. The Morgan fingerprint density at radius 1 is 0.685 bits per heavy atom. The molecule has 12 atom stereocenters. The highest BCUT2D eigenvalue weighted by atomic mass is 32.2. The van der Waals surface area contributed by atoms with Gasteiger partial charge in [0.1, 0.15) is 24.2 Å². The van der Waals surface area contributed by atoms with E-state index in [1.165, 1.54) is 11.1 Å². The summed E-state index contributed by atoms with van der Waals surface area (Å²) in [4.78, 5) is 62.6. The van der Waals surface area contributed by atoms with E-state index in [1.54, 1.807) is 23.5 Å². The van der Waals surface area contributed by atoms with Gasteiger partial charge in [0.15, 0.2) is 0 Å². The molecule has 0 unspecified atom stereocenters. The summed E-state index contributed by atoms with van der Waals surface area (Å²) in [5, 5.41) is 19.7. The maximum absolute atomic E-state index is 14.8. The van der Waals surface area contributed by atoms with Crippen LogP contribution in [-0.2, 0) is 41.5 Å². The van der Waals surface area contributed by atoms with Crippen LogP contribution in [0.4, 0.5) is 0 Å². The Morgan fingerprint density at radius 3 is 1.71 bits per heavy atom. The lowest BCUT2D eigenvalue weighted by molar-refractivity contribution is -0.144. The number of nitrogens with one attached hydrogen (secondary N) is 6. The van der Waals surface area contributed by atoms with Gasteiger partial charge in [-0.05, 0) is 118 Å². The molecule has 0 spiro atoms. The van der Waals surface area contributed by atoms with Crippen molar-refractivity contribution in [1.29, 1.82) is 0 Å². The van der Waals surface area contributed by atoms with Crippen LogP contribution in [-0.4, -0.2) is 141 Å². The molecule has 2 aliphatic carbocycles. The Hall–Kier alpha value is -3.36. The smallest absolute Gasteiger partial charge is 0.246 e. The third-order valence-electron chi connectivity index (χ3n) is 16.4. The average Bonchev–Trinajstić information content (AvgIpc) is 3.98. The lowest BCUT2D eigenvalue weighted by atomic mass is 9.83. The molecule has 6 aliphatic rings. The van der Waals surface area contributed by atoms with Crippen LogP contribution in [0, 0.1) is 10.8 Å². The number of ether oxygens (including phenoxy) is 2. The molecule has 0 aromatic heterocycles. The zero-order valence-electron chi connectivity index (χ0n) is 44.3. The summed E-state index contributed by atoms with van der Waals surface area (Å²) in [6, 6.07) is 13.4. The predicted molar refractivity (Wildman–Crippen MR) is 301 cm³/mol. The summed E-state index contributed by atoms with van der Waals surface area (Å²) in [6.07, 6.45) is 7.27. The number of thiocarbonyl (C=S) groups is 2. The molecule has 8 rings (SSSR count). The predicted octanol–water partition coefficient (Wildman–Crippen LogP) is 6.50. The Kier molecular flexibility index (Phi) is 18.0. The zero-order chi connectivity index (χ0) is 52.4. The molecule has 18 heteroatoms. The number of thioether (sulfide) groups is 2. The van der Waals surface area contributed by atoms with Gasteiger partial charge in [-0.3, -0.25) is 19.2 Å². The van der Waals surface area contributed by atoms with Gasteiger partial charge in [0.2, 0.25) is 23.6 Å². The van der Waals surface area contributed by atoms with Gasteiger partial charge < -0.3 is 51.2 Å². The van der Waals surface area contributed by atoms with E-state index in [0.717, 1.165) is 54.7 Å². The normalized spacial score (nSPS) is 30.8. The van der Waals surface area contributed by atoms with Crippen molar-refractivity contribution in [1.82, 2.24) is 41.7 Å². The number of rotatable bonds is 19. The Balaban J connectivity index is 0.843. The van der Waals surface area contributed by atoms with Crippen LogP contribution in [0.1, 0.15) is 134 Å². The summed E-state index contributed by atoms with van der Waals surface area (Å²) >= 11 is 14.8. The number of hydrogen-bond acceptors (Lipinski definition) is 12. The molecule has 400 valence electrons. The van der Waals surface area contributed by atoms with E-state index >= 15 is 0 Å². The van der Waals surface area contributed by atoms with Gasteiger partial charge in [-0.2, -0.15) is 0 Å². The number of likely N-dealkylation sites (N-methyl/N-ethyl adjacent to an activating group) is 2. The number of carbonyl (C=O) groups is 4. The maximum atomic E-state index is 14.8. The summed E-state index contributed by atoms with van der Waals surface area (Å²) in [7, 11) is 3.69. The molecular weight excluding hydrogens is 997 g/mol. The number of amides is 4. The van der Waals surface area contributed by atoms with E-state index < -0.39 is 39.9 Å². The van der Waals surface area contributed by atoms with Crippen LogP contribution in [0.15, 0.2) is 48.5 Å². The Morgan fingerprint density at radius 2 is 1.18 bits per heavy atom. The molecule has 6 N–H and O–H groups in total. The van der Waals surface area contributed by atoms with Crippen molar-refractivity contribution in [2.45, 2.75) is 183 Å². The van der Waals surface area contributed by atoms with Crippen molar-refractivity contribution in [3.8, 4) is 0 Å². The quantitative estimate of drug-likeness (QED) is 0.0667. The molecule has 4 heterocycles. The van der Waals surface area contributed by atoms with Crippen LogP contribution in [0.5, 0.6) is 0 Å². The maximum Gasteiger partial charge on any atom is 0.246 e. The minimum absolute atomic E-state index is 0.0675. The highest BCUT2D eigenvalue weighted by molar-refractivity contribution is 8.00. The topological polar surface area (TPSA) is 165 Å². The molecular formula is C55H80N8O6S4. The fourth-order valence-electron chi connectivity index (χ4n) is 12.4. The number of benzene rings is 2. The Labute approximate surface area is 453 Å². The standard InChI is InChI=1S/C55H80N8O6S4/c1-32(56-8)49(70)58-38-22-26-72-42-30-53(3,4)45(62(42)51(38)66)47(64)60-43-36-20-14-12-18-34(36)28-40(43)68-24-16-10-11-17-25-69-41-29-35-19-13-15-21-37(35)44(41)61-48(65)46-54(5,6)31-55(7)63(46)52(67)39(23-27-73-55)59-50(71)33(2)57-9/h12-15,18-21,32-33,38-46,56-57H,10-11,16-17,22-31H2,1-9H3,(H,58,70)(H,59,71)(H,60,64)(H,61,65)/t32-,33-,38-,39-,40+,41+,42-,43-,44-,45+,46+,55-/m0/s1. The molecule has 0 saturated carbocycles. The van der Waals surface area contributed by atoms with Gasteiger partial charge in [-0.1, -0.05) is 114 Å². The molecule has 14 nitrogen and oxygen atoms in total. The summed E-state index contributed by atoms with van der Waals surface area (Å²) in [5.74, 6) is 1.14. The van der Waals surface area contributed by atoms with E-state index in [9.17, 15) is 19.2 Å². The minimum atomic E-state index is -0.666. The molecule has 0 radical (unpaired) electrons. The molecule has 4 amide bonds. The SMILES string of the molecule is CN[C@@H](C)C(=S)N[C@H]1CCS[C@H]2CC(C)(C)[C@@H](C(=O)N[C@H]3c4ccccc4C[C@H]3OCCCCCCO[C@@H]3Cc4ccccc4[C@@H]3NC(=O)[C@H]3N4C(=O)[C@@H](NC(=S)[C@H](C)NC)CCS[C@@]4(C)CC3(C)C)N2C1=O. The fraction of sp³-hybridized carbons (Fsp3) is 0.673. The number of nitrogens with zero attached hydrogens (tertiary/aromatic N) is 2. The minimum Gasteiger partial charge on any atom is -0.375 e. The van der Waals surface area contributed by atoms with Crippen molar-refractivity contribution >= 4 is 81.6 Å². The van der Waals surface area contributed by atoms with Crippen molar-refractivity contribution in [2.24, 2.45) is 10.8 Å². The van der Waals surface area contributed by atoms with Gasteiger partial charge in [0.05, 0.1) is 56.6 Å². The number of hydrogen-bond donors (Lipinski definition) is 6. The number of unbranched alkanes of at least 4 members (excludes halogenated alkanes) is 3. The largest absolute Gasteiger partial charge is 0.375 e. The van der Waals surface area contributed by atoms with Gasteiger partial charge in [-0.15, -0.1) is 23.5 Å². The van der Waals surface area contributed by atoms with Crippen molar-refractivity contribution in [3.05, 3.63) is 70.8 Å². The van der Waals surface area contributed by atoms with E-state index in [4.69, 9.17) is 33.9 Å². The molecule has 0 bridgehead atoms. The zero-order valence-corrected chi connectivity index (χ0v) is 47.6. The first-order chi connectivity index (χ1) is 34.8. The van der Waals surface area contributed by atoms with Gasteiger partial charge >= 0.3 is 0 Å². The first-order valence-corrected chi connectivity index (χ1v) is 29.5. The highest BCUT2D eigenvalue weighted by Crippen LogP contribution is 2.54. The van der Waals surface area contributed by atoms with E-state index in [-0.39, 0.29) is 65.4 Å². The van der Waals surface area contributed by atoms with Crippen molar-refractivity contribution < 1.29 is 28.7 Å². The van der Waals surface area contributed by atoms with E-state index in [0.29, 0.717) is 55.3 Å². The second kappa shape index (κ2) is 23.5. The molecule has 2 aromatic rings. The highest BCUT2D eigenvalue weighted by Gasteiger charge is 2.61. The monoisotopic (exact) mass is 1080 g/mol. The summed E-state index contributed by atoms with van der Waals surface area (Å²) < 4.78 is 13.3. The van der Waals surface area contributed by atoms with Gasteiger partial charge in [0.25, 0.3) is 0 Å². The van der Waals surface area contributed by atoms with Crippen LogP contribution < -0.4 is 31.9 Å². The number of fused-ring (bicyclic) bond motifs is 4. The second-order valence-electron chi connectivity index (χ2n) is 22.7. The third-order valence-corrected chi connectivity index (χ3v) is 20.0. The second-order valence-corrected chi connectivity index (χ2v) is 26.4. The van der Waals surface area contributed by atoms with Crippen LogP contribution in [0.3, 0.4) is 0 Å². The third kappa shape index (κ3) is 12.0. The molecule has 4 saturated heterocycles.